The second-order valence-corrected chi connectivity index (χ2v) is 6.05. The summed E-state index contributed by atoms with van der Waals surface area (Å²) in [5.41, 5.74) is 2.82. The highest BCUT2D eigenvalue weighted by atomic mass is 16.2. The lowest BCUT2D eigenvalue weighted by molar-refractivity contribution is 0.0666. The molecule has 3 rings (SSSR count). The predicted octanol–water partition coefficient (Wildman–Crippen LogP) is 2.49. The lowest BCUT2D eigenvalue weighted by Gasteiger charge is -2.32. The van der Waals surface area contributed by atoms with Gasteiger partial charge >= 0.3 is 0 Å². The molecule has 22 heavy (non-hydrogen) atoms. The third kappa shape index (κ3) is 2.71. The number of aromatic nitrogens is 1. The van der Waals surface area contributed by atoms with Gasteiger partial charge < -0.3 is 9.80 Å². The van der Waals surface area contributed by atoms with Gasteiger partial charge in [0.25, 0.3) is 5.91 Å². The summed E-state index contributed by atoms with van der Waals surface area (Å²) < 4.78 is 0. The summed E-state index contributed by atoms with van der Waals surface area (Å²) in [4.78, 5) is 21.8. The van der Waals surface area contributed by atoms with E-state index < -0.39 is 0 Å². The van der Waals surface area contributed by atoms with Crippen LogP contribution in [0.15, 0.2) is 24.3 Å². The molecule has 1 saturated heterocycles. The molecule has 1 aromatic carbocycles. The normalized spacial score (nSPS) is 16.2. The summed E-state index contributed by atoms with van der Waals surface area (Å²) >= 11 is 0. The number of likely N-dealkylation sites (N-methyl/N-ethyl adjacent to an activating group) is 1. The van der Waals surface area contributed by atoms with E-state index in [1.807, 2.05) is 24.0 Å². The molecule has 116 valence electrons. The van der Waals surface area contributed by atoms with Crippen LogP contribution < -0.4 is 0 Å². The zero-order chi connectivity index (χ0) is 15.7. The van der Waals surface area contributed by atoms with Crippen molar-refractivity contribution >= 4 is 16.7 Å². The zero-order valence-corrected chi connectivity index (χ0v) is 13.6. The highest BCUT2D eigenvalue weighted by molar-refractivity contribution is 6.08. The molecule has 1 aliphatic heterocycles. The van der Waals surface area contributed by atoms with E-state index in [2.05, 4.69) is 36.0 Å². The van der Waals surface area contributed by atoms with Crippen LogP contribution in [0.25, 0.3) is 10.8 Å². The van der Waals surface area contributed by atoms with Crippen molar-refractivity contribution in [1.82, 2.24) is 14.8 Å². The monoisotopic (exact) mass is 297 g/mol. The molecule has 0 unspecified atom stereocenters. The SMILES string of the molecule is CCc1cc2cccc(C(=O)N3CCN(C)CC3)c2c(C)n1. The maximum Gasteiger partial charge on any atom is 0.254 e. The van der Waals surface area contributed by atoms with Crippen molar-refractivity contribution < 1.29 is 4.79 Å². The Morgan fingerprint density at radius 1 is 1.23 bits per heavy atom. The summed E-state index contributed by atoms with van der Waals surface area (Å²) in [5.74, 6) is 0.132. The molecule has 0 radical (unpaired) electrons. The molecule has 0 bridgehead atoms. The van der Waals surface area contributed by atoms with Gasteiger partial charge in [-0.15, -0.1) is 0 Å². The molecule has 0 N–H and O–H groups in total. The molecule has 1 fully saturated rings. The maximum absolute atomic E-state index is 12.9. The smallest absolute Gasteiger partial charge is 0.254 e. The molecule has 1 amide bonds. The van der Waals surface area contributed by atoms with Crippen LogP contribution in [-0.4, -0.2) is 53.9 Å². The van der Waals surface area contributed by atoms with Crippen LogP contribution in [0, 0.1) is 6.92 Å². The van der Waals surface area contributed by atoms with Crippen LogP contribution in [-0.2, 0) is 6.42 Å². The number of benzene rings is 1. The van der Waals surface area contributed by atoms with E-state index in [-0.39, 0.29) is 5.91 Å². The van der Waals surface area contributed by atoms with Crippen molar-refractivity contribution in [3.05, 3.63) is 41.2 Å². The average molecular weight is 297 g/mol. The second kappa shape index (κ2) is 6.05. The van der Waals surface area contributed by atoms with Crippen LogP contribution in [0.1, 0.15) is 28.7 Å². The van der Waals surface area contributed by atoms with E-state index in [4.69, 9.17) is 0 Å². The quantitative estimate of drug-likeness (QED) is 0.854. The number of hydrogen-bond acceptors (Lipinski definition) is 3. The average Bonchev–Trinajstić information content (AvgIpc) is 2.54. The molecule has 0 atom stereocenters. The Kier molecular flexibility index (Phi) is 4.12. The number of aryl methyl sites for hydroxylation is 2. The number of piperazine rings is 1. The van der Waals surface area contributed by atoms with Crippen LogP contribution >= 0.6 is 0 Å². The number of hydrogen-bond donors (Lipinski definition) is 0. The minimum Gasteiger partial charge on any atom is -0.336 e. The third-order valence-electron chi connectivity index (χ3n) is 4.48. The van der Waals surface area contributed by atoms with Crippen molar-refractivity contribution in [1.29, 1.82) is 0 Å². The van der Waals surface area contributed by atoms with Crippen molar-refractivity contribution in [2.45, 2.75) is 20.3 Å². The molecule has 4 nitrogen and oxygen atoms in total. The molecule has 2 aromatic rings. The summed E-state index contributed by atoms with van der Waals surface area (Å²) in [6.07, 6.45) is 0.910. The molecule has 0 aliphatic carbocycles. The fraction of sp³-hybridized carbons (Fsp3) is 0.444. The number of rotatable bonds is 2. The van der Waals surface area contributed by atoms with E-state index >= 15 is 0 Å². The van der Waals surface area contributed by atoms with E-state index in [0.29, 0.717) is 0 Å². The Labute approximate surface area is 131 Å². The summed E-state index contributed by atoms with van der Waals surface area (Å²) in [5, 5.41) is 2.12. The zero-order valence-electron chi connectivity index (χ0n) is 13.6. The maximum atomic E-state index is 12.9. The molecule has 4 heteroatoms. The summed E-state index contributed by atoms with van der Waals surface area (Å²) in [6.45, 7) is 7.58. The molecule has 1 aliphatic rings. The van der Waals surface area contributed by atoms with Crippen molar-refractivity contribution in [2.75, 3.05) is 33.2 Å². The highest BCUT2D eigenvalue weighted by Crippen LogP contribution is 2.24. The Hall–Kier alpha value is -1.94. The molecule has 0 saturated carbocycles. The molecule has 1 aromatic heterocycles. The number of carbonyl (C=O) groups excluding carboxylic acids is 1. The summed E-state index contributed by atoms with van der Waals surface area (Å²) in [7, 11) is 2.10. The van der Waals surface area contributed by atoms with Crippen LogP contribution in [0.5, 0.6) is 0 Å². The standard InChI is InChI=1S/C18H23N3O/c1-4-15-12-14-6-5-7-16(17(14)13(2)19-15)18(22)21-10-8-20(3)9-11-21/h5-7,12H,4,8-11H2,1-3H3. The Balaban J connectivity index is 2.02. The minimum atomic E-state index is 0.132. The molecule has 2 heterocycles. The Morgan fingerprint density at radius 2 is 1.95 bits per heavy atom. The van der Waals surface area contributed by atoms with Gasteiger partial charge in [-0.3, -0.25) is 9.78 Å². The van der Waals surface area contributed by atoms with Gasteiger partial charge in [0.15, 0.2) is 0 Å². The van der Waals surface area contributed by atoms with Crippen molar-refractivity contribution in [3.8, 4) is 0 Å². The second-order valence-electron chi connectivity index (χ2n) is 6.05. The topological polar surface area (TPSA) is 36.4 Å². The molecular formula is C18H23N3O. The Bertz CT molecular complexity index is 703. The van der Waals surface area contributed by atoms with Crippen molar-refractivity contribution in [3.63, 3.8) is 0 Å². The fourth-order valence-electron chi connectivity index (χ4n) is 3.12. The predicted molar refractivity (Wildman–Crippen MR) is 89.3 cm³/mol. The molecule has 0 spiro atoms. The van der Waals surface area contributed by atoms with Crippen LogP contribution in [0.3, 0.4) is 0 Å². The van der Waals surface area contributed by atoms with Crippen molar-refractivity contribution in [2.24, 2.45) is 0 Å². The number of amides is 1. The first-order valence-electron chi connectivity index (χ1n) is 7.97. The first-order chi connectivity index (χ1) is 10.6. The van der Waals surface area contributed by atoms with E-state index in [1.165, 1.54) is 0 Å². The van der Waals surface area contributed by atoms with Gasteiger partial charge in [0.1, 0.15) is 0 Å². The first-order valence-corrected chi connectivity index (χ1v) is 7.97. The fourth-order valence-corrected chi connectivity index (χ4v) is 3.12. The number of fused-ring (bicyclic) bond motifs is 1. The molecular weight excluding hydrogens is 274 g/mol. The van der Waals surface area contributed by atoms with Gasteiger partial charge in [-0.05, 0) is 37.9 Å². The number of nitrogens with zero attached hydrogens (tertiary/aromatic N) is 3. The highest BCUT2D eigenvalue weighted by Gasteiger charge is 2.22. The van der Waals surface area contributed by atoms with E-state index in [0.717, 1.165) is 60.3 Å². The largest absolute Gasteiger partial charge is 0.336 e. The minimum absolute atomic E-state index is 0.132. The lowest BCUT2D eigenvalue weighted by atomic mass is 10.0. The lowest BCUT2D eigenvalue weighted by Crippen LogP contribution is -2.47. The van der Waals surface area contributed by atoms with Gasteiger partial charge in [0.2, 0.25) is 0 Å². The van der Waals surface area contributed by atoms with Crippen LogP contribution in [0.4, 0.5) is 0 Å². The van der Waals surface area contributed by atoms with E-state index in [1.54, 1.807) is 0 Å². The first kappa shape index (κ1) is 15.0. The van der Waals surface area contributed by atoms with Gasteiger partial charge in [-0.1, -0.05) is 19.1 Å². The number of carbonyl (C=O) groups is 1. The Morgan fingerprint density at radius 3 is 2.64 bits per heavy atom. The van der Waals surface area contributed by atoms with Gasteiger partial charge in [-0.2, -0.15) is 0 Å². The van der Waals surface area contributed by atoms with Gasteiger partial charge in [-0.25, -0.2) is 0 Å². The third-order valence-corrected chi connectivity index (χ3v) is 4.48. The van der Waals surface area contributed by atoms with Gasteiger partial charge in [0, 0.05) is 48.5 Å². The summed E-state index contributed by atoms with van der Waals surface area (Å²) in [6, 6.07) is 8.08. The van der Waals surface area contributed by atoms with Gasteiger partial charge in [0.05, 0.1) is 0 Å². The van der Waals surface area contributed by atoms with Crippen LogP contribution in [0.2, 0.25) is 0 Å². The van der Waals surface area contributed by atoms with E-state index in [9.17, 15) is 4.79 Å². The number of pyridine rings is 1.